The van der Waals surface area contributed by atoms with Crippen LogP contribution in [0, 0.1) is 5.82 Å². The lowest BCUT2D eigenvalue weighted by Crippen LogP contribution is -1.95. The van der Waals surface area contributed by atoms with Gasteiger partial charge in [0.2, 0.25) is 0 Å². The lowest BCUT2D eigenvalue weighted by molar-refractivity contribution is 0.0697. The second-order valence-electron chi connectivity index (χ2n) is 2.69. The van der Waals surface area contributed by atoms with Gasteiger partial charge in [0.05, 0.1) is 9.86 Å². The van der Waals surface area contributed by atoms with E-state index in [-0.39, 0.29) is 16.5 Å². The van der Waals surface area contributed by atoms with Crippen LogP contribution in [0.4, 0.5) is 4.39 Å². The van der Waals surface area contributed by atoms with Gasteiger partial charge in [-0.15, -0.1) is 0 Å². The molecule has 5 heteroatoms. The summed E-state index contributed by atoms with van der Waals surface area (Å²) in [6, 6.07) is 2.65. The quantitative estimate of drug-likeness (QED) is 0.856. The summed E-state index contributed by atoms with van der Waals surface area (Å²) in [4.78, 5) is 10.7. The van der Waals surface area contributed by atoms with Gasteiger partial charge < -0.3 is 9.52 Å². The number of aromatic carboxylic acids is 1. The number of carboxylic acid groups (broad SMARTS) is 1. The van der Waals surface area contributed by atoms with Crippen LogP contribution in [-0.2, 0) is 0 Å². The highest BCUT2D eigenvalue weighted by Crippen LogP contribution is 2.30. The van der Waals surface area contributed by atoms with Gasteiger partial charge in [0.1, 0.15) is 17.6 Å². The first-order chi connectivity index (χ1) is 6.61. The fourth-order valence-corrected chi connectivity index (χ4v) is 1.66. The van der Waals surface area contributed by atoms with Gasteiger partial charge in [-0.1, -0.05) is 0 Å². The number of benzene rings is 1. The lowest BCUT2D eigenvalue weighted by Gasteiger charge is -1.95. The highest BCUT2D eigenvalue weighted by Gasteiger charge is 2.17. The Hall–Kier alpha value is -1.36. The van der Waals surface area contributed by atoms with E-state index in [1.807, 2.05) is 0 Å². The van der Waals surface area contributed by atoms with Crippen LogP contribution in [-0.4, -0.2) is 11.1 Å². The Morgan fingerprint density at radius 2 is 2.21 bits per heavy atom. The van der Waals surface area contributed by atoms with Crippen LogP contribution in [0.3, 0.4) is 0 Å². The zero-order valence-corrected chi connectivity index (χ0v) is 8.34. The second kappa shape index (κ2) is 3.09. The van der Waals surface area contributed by atoms with E-state index in [1.54, 1.807) is 0 Å². The third kappa shape index (κ3) is 1.21. The molecule has 0 aliphatic rings. The molecule has 0 saturated heterocycles. The number of furan rings is 1. The van der Waals surface area contributed by atoms with E-state index in [0.29, 0.717) is 4.47 Å². The summed E-state index contributed by atoms with van der Waals surface area (Å²) in [5, 5.41) is 8.74. The summed E-state index contributed by atoms with van der Waals surface area (Å²) >= 11 is 3.14. The van der Waals surface area contributed by atoms with E-state index in [1.165, 1.54) is 12.1 Å². The molecular weight excluding hydrogens is 255 g/mol. The molecule has 0 radical (unpaired) electrons. The number of halogens is 2. The number of hydrogen-bond donors (Lipinski definition) is 1. The molecule has 0 saturated carbocycles. The summed E-state index contributed by atoms with van der Waals surface area (Å²) < 4.78 is 18.8. The van der Waals surface area contributed by atoms with Crippen molar-refractivity contribution in [2.75, 3.05) is 0 Å². The predicted molar refractivity (Wildman–Crippen MR) is 50.8 cm³/mol. The van der Waals surface area contributed by atoms with Gasteiger partial charge in [0, 0.05) is 0 Å². The number of carbonyl (C=O) groups is 1. The second-order valence-corrected chi connectivity index (χ2v) is 3.54. The van der Waals surface area contributed by atoms with Crippen molar-refractivity contribution >= 4 is 32.9 Å². The molecule has 0 aliphatic heterocycles. The Kier molecular flexibility index (Phi) is 2.03. The monoisotopic (exact) mass is 258 g/mol. The molecule has 1 heterocycles. The summed E-state index contributed by atoms with van der Waals surface area (Å²) in [7, 11) is 0. The van der Waals surface area contributed by atoms with Gasteiger partial charge in [-0.3, -0.25) is 0 Å². The molecule has 1 aromatic heterocycles. The van der Waals surface area contributed by atoms with E-state index < -0.39 is 11.8 Å². The predicted octanol–water partition coefficient (Wildman–Crippen LogP) is 3.03. The third-order valence-corrected chi connectivity index (χ3v) is 2.48. The third-order valence-electron chi connectivity index (χ3n) is 1.85. The highest BCUT2D eigenvalue weighted by molar-refractivity contribution is 9.10. The normalized spacial score (nSPS) is 10.7. The molecule has 0 fully saturated rings. The van der Waals surface area contributed by atoms with Crippen LogP contribution >= 0.6 is 15.9 Å². The van der Waals surface area contributed by atoms with Crippen LogP contribution in [0.15, 0.2) is 27.3 Å². The molecule has 1 N–H and O–H groups in total. The lowest BCUT2D eigenvalue weighted by atomic mass is 10.2. The van der Waals surface area contributed by atoms with Gasteiger partial charge in [-0.2, -0.15) is 0 Å². The Balaban J connectivity index is 2.90. The maximum atomic E-state index is 13.3. The van der Waals surface area contributed by atoms with Crippen LogP contribution in [0.25, 0.3) is 11.0 Å². The standard InChI is InChI=1S/C9H4BrFO3/c10-5-1-2-6(11)7-4(9(12)13)3-14-8(5)7/h1-3H,(H,12,13). The fourth-order valence-electron chi connectivity index (χ4n) is 1.23. The first-order valence-corrected chi connectivity index (χ1v) is 4.49. The van der Waals surface area contributed by atoms with Crippen LogP contribution in [0.2, 0.25) is 0 Å². The molecule has 14 heavy (non-hydrogen) atoms. The molecule has 72 valence electrons. The molecule has 2 aromatic rings. The van der Waals surface area contributed by atoms with Gasteiger partial charge in [-0.05, 0) is 28.1 Å². The number of rotatable bonds is 1. The first kappa shape index (κ1) is 9.21. The number of carboxylic acids is 1. The molecule has 0 amide bonds. The highest BCUT2D eigenvalue weighted by atomic mass is 79.9. The Bertz CT molecular complexity index is 518. The zero-order chi connectivity index (χ0) is 10.3. The minimum Gasteiger partial charge on any atom is -0.478 e. The van der Waals surface area contributed by atoms with Crippen molar-refractivity contribution in [1.29, 1.82) is 0 Å². The van der Waals surface area contributed by atoms with Gasteiger partial charge in [0.15, 0.2) is 5.58 Å². The van der Waals surface area contributed by atoms with E-state index in [9.17, 15) is 9.18 Å². The summed E-state index contributed by atoms with van der Waals surface area (Å²) in [6.07, 6.45) is 1.03. The van der Waals surface area contributed by atoms with Crippen LogP contribution < -0.4 is 0 Å². The number of fused-ring (bicyclic) bond motifs is 1. The van der Waals surface area contributed by atoms with E-state index in [2.05, 4.69) is 15.9 Å². The van der Waals surface area contributed by atoms with Gasteiger partial charge in [0.25, 0.3) is 0 Å². The van der Waals surface area contributed by atoms with Gasteiger partial charge in [-0.25, -0.2) is 9.18 Å². The summed E-state index contributed by atoms with van der Waals surface area (Å²) in [6.45, 7) is 0. The fraction of sp³-hybridized carbons (Fsp3) is 0. The Labute approximate surface area is 86.3 Å². The SMILES string of the molecule is O=C(O)c1coc2c(Br)ccc(F)c12. The van der Waals surface area contributed by atoms with E-state index >= 15 is 0 Å². The molecule has 0 atom stereocenters. The van der Waals surface area contributed by atoms with Crippen LogP contribution in [0.1, 0.15) is 10.4 Å². The Morgan fingerprint density at radius 3 is 2.86 bits per heavy atom. The maximum Gasteiger partial charge on any atom is 0.339 e. The first-order valence-electron chi connectivity index (χ1n) is 3.69. The van der Waals surface area contributed by atoms with E-state index in [0.717, 1.165) is 6.26 Å². The molecule has 0 bridgehead atoms. The maximum absolute atomic E-state index is 13.3. The van der Waals surface area contributed by atoms with Crippen molar-refractivity contribution in [3.05, 3.63) is 34.2 Å². The topological polar surface area (TPSA) is 50.4 Å². The molecule has 3 nitrogen and oxygen atoms in total. The number of hydrogen-bond acceptors (Lipinski definition) is 2. The van der Waals surface area contributed by atoms with Crippen molar-refractivity contribution in [2.45, 2.75) is 0 Å². The minimum atomic E-state index is -1.21. The van der Waals surface area contributed by atoms with Crippen LogP contribution in [0.5, 0.6) is 0 Å². The molecule has 0 spiro atoms. The summed E-state index contributed by atoms with van der Waals surface area (Å²) in [5.74, 6) is -1.81. The van der Waals surface area contributed by atoms with Crippen molar-refractivity contribution < 1.29 is 18.7 Å². The largest absolute Gasteiger partial charge is 0.478 e. The average Bonchev–Trinajstić information content (AvgIpc) is 2.56. The van der Waals surface area contributed by atoms with Crippen molar-refractivity contribution in [3.63, 3.8) is 0 Å². The van der Waals surface area contributed by atoms with Crippen molar-refractivity contribution in [3.8, 4) is 0 Å². The molecule has 2 rings (SSSR count). The summed E-state index contributed by atoms with van der Waals surface area (Å²) in [5.41, 5.74) is 0.0428. The molecule has 0 aliphatic carbocycles. The van der Waals surface area contributed by atoms with Crippen molar-refractivity contribution in [1.82, 2.24) is 0 Å². The Morgan fingerprint density at radius 1 is 1.50 bits per heavy atom. The molecule has 1 aromatic carbocycles. The van der Waals surface area contributed by atoms with Crippen molar-refractivity contribution in [2.24, 2.45) is 0 Å². The molecule has 0 unspecified atom stereocenters. The molecular formula is C9H4BrFO3. The van der Waals surface area contributed by atoms with Gasteiger partial charge >= 0.3 is 5.97 Å². The minimum absolute atomic E-state index is 0.00752. The smallest absolute Gasteiger partial charge is 0.339 e. The average molecular weight is 259 g/mol. The van der Waals surface area contributed by atoms with E-state index in [4.69, 9.17) is 9.52 Å². The zero-order valence-electron chi connectivity index (χ0n) is 6.75.